The summed E-state index contributed by atoms with van der Waals surface area (Å²) >= 11 is 0. The van der Waals surface area contributed by atoms with Crippen LogP contribution in [0.15, 0.2) is 0 Å². The summed E-state index contributed by atoms with van der Waals surface area (Å²) in [6.07, 6.45) is 5.34. The fraction of sp³-hybridized carbons (Fsp3) is 1.00. The van der Waals surface area contributed by atoms with Crippen molar-refractivity contribution in [3.63, 3.8) is 0 Å². The van der Waals surface area contributed by atoms with Gasteiger partial charge in [-0.2, -0.15) is 0 Å². The molecule has 72 valence electrons. The van der Waals surface area contributed by atoms with Crippen molar-refractivity contribution in [3.8, 4) is 0 Å². The van der Waals surface area contributed by atoms with Gasteiger partial charge in [0.15, 0.2) is 0 Å². The van der Waals surface area contributed by atoms with Crippen LogP contribution >= 0.6 is 0 Å². The van der Waals surface area contributed by atoms with E-state index in [1.807, 2.05) is 0 Å². The molecule has 0 heterocycles. The van der Waals surface area contributed by atoms with Crippen molar-refractivity contribution in [2.75, 3.05) is 0 Å². The zero-order valence-corrected chi connectivity index (χ0v) is 8.72. The van der Waals surface area contributed by atoms with Crippen LogP contribution in [0.25, 0.3) is 0 Å². The Labute approximate surface area is 76.7 Å². The Morgan fingerprint density at radius 2 is 1.75 bits per heavy atom. The Bertz CT molecular complexity index is 123. The van der Waals surface area contributed by atoms with Crippen LogP contribution in [-0.4, -0.2) is 6.04 Å². The Hall–Kier alpha value is -0.0400. The fourth-order valence-corrected chi connectivity index (χ4v) is 2.20. The lowest BCUT2D eigenvalue weighted by molar-refractivity contribution is 0.285. The van der Waals surface area contributed by atoms with Crippen molar-refractivity contribution < 1.29 is 0 Å². The van der Waals surface area contributed by atoms with Gasteiger partial charge in [-0.15, -0.1) is 0 Å². The summed E-state index contributed by atoms with van der Waals surface area (Å²) in [4.78, 5) is 0. The molecule has 0 aromatic rings. The SMILES string of the molecule is CCC(CC)C(N)C(C)C1CC1. The maximum atomic E-state index is 6.22. The highest BCUT2D eigenvalue weighted by Gasteiger charge is 2.33. The summed E-state index contributed by atoms with van der Waals surface area (Å²) in [6, 6.07) is 0.451. The van der Waals surface area contributed by atoms with E-state index >= 15 is 0 Å². The fourth-order valence-electron chi connectivity index (χ4n) is 2.20. The zero-order valence-electron chi connectivity index (χ0n) is 8.72. The average Bonchev–Trinajstić information content (AvgIpc) is 2.87. The topological polar surface area (TPSA) is 26.0 Å². The maximum Gasteiger partial charge on any atom is 0.00954 e. The highest BCUT2D eigenvalue weighted by Crippen LogP contribution is 2.39. The molecule has 2 atom stereocenters. The second-order valence-corrected chi connectivity index (χ2v) is 4.35. The quantitative estimate of drug-likeness (QED) is 0.673. The molecule has 1 saturated carbocycles. The van der Waals surface area contributed by atoms with Crippen LogP contribution in [0.4, 0.5) is 0 Å². The van der Waals surface area contributed by atoms with Gasteiger partial charge in [0, 0.05) is 6.04 Å². The minimum Gasteiger partial charge on any atom is -0.327 e. The molecular weight excluding hydrogens is 146 g/mol. The highest BCUT2D eigenvalue weighted by molar-refractivity contribution is 4.87. The van der Waals surface area contributed by atoms with E-state index in [9.17, 15) is 0 Å². The van der Waals surface area contributed by atoms with Crippen LogP contribution < -0.4 is 5.73 Å². The monoisotopic (exact) mass is 169 g/mol. The van der Waals surface area contributed by atoms with E-state index in [1.165, 1.54) is 25.7 Å². The largest absolute Gasteiger partial charge is 0.327 e. The second-order valence-electron chi connectivity index (χ2n) is 4.35. The lowest BCUT2D eigenvalue weighted by Crippen LogP contribution is -2.36. The number of nitrogens with two attached hydrogens (primary N) is 1. The van der Waals surface area contributed by atoms with Gasteiger partial charge in [0.1, 0.15) is 0 Å². The molecule has 0 bridgehead atoms. The molecule has 1 aliphatic carbocycles. The molecule has 1 heteroatoms. The van der Waals surface area contributed by atoms with Gasteiger partial charge in [0.2, 0.25) is 0 Å². The number of hydrogen-bond acceptors (Lipinski definition) is 1. The van der Waals surface area contributed by atoms with Gasteiger partial charge in [-0.25, -0.2) is 0 Å². The van der Waals surface area contributed by atoms with Gasteiger partial charge in [0.25, 0.3) is 0 Å². The van der Waals surface area contributed by atoms with Crippen molar-refractivity contribution >= 4 is 0 Å². The van der Waals surface area contributed by atoms with Crippen molar-refractivity contribution in [1.29, 1.82) is 0 Å². The Balaban J connectivity index is 2.36. The molecule has 1 nitrogen and oxygen atoms in total. The molecule has 1 rings (SSSR count). The molecule has 1 aliphatic rings. The standard InChI is InChI=1S/C11H23N/c1-4-9(5-2)11(12)8(3)10-6-7-10/h8-11H,4-7,12H2,1-3H3. The first-order valence-corrected chi connectivity index (χ1v) is 5.46. The summed E-state index contributed by atoms with van der Waals surface area (Å²) in [5.74, 6) is 2.47. The van der Waals surface area contributed by atoms with Gasteiger partial charge < -0.3 is 5.73 Å². The second kappa shape index (κ2) is 4.27. The normalized spacial score (nSPS) is 22.8. The third kappa shape index (κ3) is 2.22. The third-order valence-corrected chi connectivity index (χ3v) is 3.57. The number of hydrogen-bond donors (Lipinski definition) is 1. The van der Waals surface area contributed by atoms with Crippen LogP contribution in [0.2, 0.25) is 0 Å². The zero-order chi connectivity index (χ0) is 9.14. The molecule has 0 saturated heterocycles. The molecular formula is C11H23N. The molecule has 0 amide bonds. The Kier molecular flexibility index (Phi) is 3.57. The van der Waals surface area contributed by atoms with E-state index in [1.54, 1.807) is 0 Å². The molecule has 0 aromatic carbocycles. The molecule has 0 aliphatic heterocycles. The van der Waals surface area contributed by atoms with E-state index in [-0.39, 0.29) is 0 Å². The van der Waals surface area contributed by atoms with Crippen LogP contribution in [0.3, 0.4) is 0 Å². The van der Waals surface area contributed by atoms with E-state index < -0.39 is 0 Å². The Morgan fingerprint density at radius 3 is 2.08 bits per heavy atom. The lowest BCUT2D eigenvalue weighted by atomic mass is 9.84. The predicted molar refractivity (Wildman–Crippen MR) is 53.9 cm³/mol. The molecule has 2 unspecified atom stereocenters. The summed E-state index contributed by atoms with van der Waals surface area (Å²) in [7, 11) is 0. The average molecular weight is 169 g/mol. The van der Waals surface area contributed by atoms with Gasteiger partial charge >= 0.3 is 0 Å². The predicted octanol–water partition coefficient (Wildman–Crippen LogP) is 2.80. The first-order chi connectivity index (χ1) is 5.70. The molecule has 12 heavy (non-hydrogen) atoms. The molecule has 1 fully saturated rings. The van der Waals surface area contributed by atoms with Gasteiger partial charge in [-0.1, -0.05) is 33.6 Å². The van der Waals surface area contributed by atoms with E-state index in [0.29, 0.717) is 6.04 Å². The van der Waals surface area contributed by atoms with Crippen molar-refractivity contribution in [2.45, 2.75) is 52.5 Å². The summed E-state index contributed by atoms with van der Waals surface area (Å²) in [5, 5.41) is 0. The minimum atomic E-state index is 0.451. The van der Waals surface area contributed by atoms with Crippen molar-refractivity contribution in [1.82, 2.24) is 0 Å². The first-order valence-electron chi connectivity index (χ1n) is 5.46. The van der Waals surface area contributed by atoms with Crippen LogP contribution in [0.1, 0.15) is 46.5 Å². The smallest absolute Gasteiger partial charge is 0.00954 e. The summed E-state index contributed by atoms with van der Waals surface area (Å²) < 4.78 is 0. The van der Waals surface area contributed by atoms with Crippen LogP contribution in [0, 0.1) is 17.8 Å². The van der Waals surface area contributed by atoms with Crippen molar-refractivity contribution in [3.05, 3.63) is 0 Å². The van der Waals surface area contributed by atoms with Crippen molar-refractivity contribution in [2.24, 2.45) is 23.5 Å². The van der Waals surface area contributed by atoms with Crippen LogP contribution in [-0.2, 0) is 0 Å². The molecule has 0 aromatic heterocycles. The summed E-state index contributed by atoms with van der Waals surface area (Å²) in [5.41, 5.74) is 6.22. The summed E-state index contributed by atoms with van der Waals surface area (Å²) in [6.45, 7) is 6.85. The van der Waals surface area contributed by atoms with Gasteiger partial charge in [0.05, 0.1) is 0 Å². The van der Waals surface area contributed by atoms with Gasteiger partial charge in [-0.05, 0) is 30.6 Å². The lowest BCUT2D eigenvalue weighted by Gasteiger charge is -2.27. The molecule has 2 N–H and O–H groups in total. The first kappa shape index (κ1) is 10.0. The minimum absolute atomic E-state index is 0.451. The highest BCUT2D eigenvalue weighted by atomic mass is 14.7. The number of rotatable bonds is 5. The van der Waals surface area contributed by atoms with E-state index in [4.69, 9.17) is 5.73 Å². The maximum absolute atomic E-state index is 6.22. The van der Waals surface area contributed by atoms with Crippen LogP contribution in [0.5, 0.6) is 0 Å². The van der Waals surface area contributed by atoms with Gasteiger partial charge in [-0.3, -0.25) is 0 Å². The van der Waals surface area contributed by atoms with E-state index in [0.717, 1.165) is 17.8 Å². The molecule has 0 spiro atoms. The Morgan fingerprint density at radius 1 is 1.25 bits per heavy atom. The van der Waals surface area contributed by atoms with E-state index in [2.05, 4.69) is 20.8 Å². The third-order valence-electron chi connectivity index (χ3n) is 3.57. The molecule has 0 radical (unpaired) electrons.